The summed E-state index contributed by atoms with van der Waals surface area (Å²) in [4.78, 5) is 15.3. The first kappa shape index (κ1) is 12.2. The number of pyridine rings is 1. The summed E-state index contributed by atoms with van der Waals surface area (Å²) >= 11 is 0. The van der Waals surface area contributed by atoms with Crippen LogP contribution in [0.2, 0.25) is 0 Å². The Hall–Kier alpha value is -2.82. The van der Waals surface area contributed by atoms with Crippen molar-refractivity contribution in [1.82, 2.24) is 9.38 Å². The highest BCUT2D eigenvalue weighted by molar-refractivity contribution is 5.87. The first-order valence-electron chi connectivity index (χ1n) is 6.11. The second-order valence-corrected chi connectivity index (χ2v) is 4.57. The number of carbonyl (C=O) groups is 1. The highest BCUT2D eigenvalue weighted by Crippen LogP contribution is 2.16. The normalized spacial score (nSPS) is 10.8. The van der Waals surface area contributed by atoms with Gasteiger partial charge < -0.3 is 14.6 Å². The second kappa shape index (κ2) is 4.70. The van der Waals surface area contributed by atoms with Crippen LogP contribution in [0.3, 0.4) is 0 Å². The lowest BCUT2D eigenvalue weighted by Gasteiger charge is -1.98. The molecule has 100 valence electrons. The van der Waals surface area contributed by atoms with E-state index in [0.717, 1.165) is 11.3 Å². The van der Waals surface area contributed by atoms with Gasteiger partial charge in [0.05, 0.1) is 11.3 Å². The van der Waals surface area contributed by atoms with E-state index in [2.05, 4.69) is 4.98 Å². The Morgan fingerprint density at radius 3 is 2.80 bits per heavy atom. The minimum Gasteiger partial charge on any atom is -0.508 e. The molecule has 0 aliphatic rings. The zero-order chi connectivity index (χ0) is 14.1. The molecule has 0 bridgehead atoms. The number of aromatic carboxylic acids is 1. The third-order valence-corrected chi connectivity index (χ3v) is 3.04. The van der Waals surface area contributed by atoms with Crippen LogP contribution >= 0.6 is 0 Å². The van der Waals surface area contributed by atoms with E-state index in [4.69, 9.17) is 5.11 Å². The molecule has 1 aromatic carbocycles. The van der Waals surface area contributed by atoms with Gasteiger partial charge in [0, 0.05) is 18.8 Å². The van der Waals surface area contributed by atoms with E-state index in [9.17, 15) is 9.90 Å². The molecule has 0 fully saturated rings. The third-order valence-electron chi connectivity index (χ3n) is 3.04. The van der Waals surface area contributed by atoms with Gasteiger partial charge in [-0.2, -0.15) is 0 Å². The van der Waals surface area contributed by atoms with Crippen LogP contribution in [0, 0.1) is 0 Å². The van der Waals surface area contributed by atoms with Crippen molar-refractivity contribution in [2.24, 2.45) is 0 Å². The Labute approximate surface area is 114 Å². The molecule has 20 heavy (non-hydrogen) atoms. The molecule has 0 aliphatic heterocycles. The average molecular weight is 268 g/mol. The van der Waals surface area contributed by atoms with Gasteiger partial charge in [0.25, 0.3) is 0 Å². The first-order chi connectivity index (χ1) is 9.61. The van der Waals surface area contributed by atoms with Crippen LogP contribution < -0.4 is 0 Å². The Bertz CT molecular complexity index is 793. The van der Waals surface area contributed by atoms with Crippen LogP contribution in [0.4, 0.5) is 0 Å². The lowest BCUT2D eigenvalue weighted by atomic mass is 10.1. The number of fused-ring (bicyclic) bond motifs is 1. The monoisotopic (exact) mass is 268 g/mol. The van der Waals surface area contributed by atoms with Crippen molar-refractivity contribution in [2.75, 3.05) is 0 Å². The first-order valence-corrected chi connectivity index (χ1v) is 6.11. The molecule has 0 radical (unpaired) electrons. The predicted molar refractivity (Wildman–Crippen MR) is 73.1 cm³/mol. The van der Waals surface area contributed by atoms with Crippen molar-refractivity contribution in [1.29, 1.82) is 0 Å². The fourth-order valence-corrected chi connectivity index (χ4v) is 2.13. The summed E-state index contributed by atoms with van der Waals surface area (Å²) in [5, 5.41) is 18.4. The lowest BCUT2D eigenvalue weighted by molar-refractivity contribution is 0.0696. The third kappa shape index (κ3) is 2.33. The molecule has 0 aliphatic carbocycles. The molecule has 2 N–H and O–H groups in total. The number of aromatic hydroxyl groups is 1. The van der Waals surface area contributed by atoms with Crippen molar-refractivity contribution in [2.45, 2.75) is 6.42 Å². The number of carboxylic acid groups (broad SMARTS) is 1. The van der Waals surface area contributed by atoms with Gasteiger partial charge in [-0.05, 0) is 29.8 Å². The predicted octanol–water partition coefficient (Wildman–Crippen LogP) is 2.33. The number of carboxylic acids is 1. The topological polar surface area (TPSA) is 74.8 Å². The SMILES string of the molecule is O=C(O)c1ccc2nc(Cc3cccc(O)c3)cn2c1. The molecule has 5 nitrogen and oxygen atoms in total. The summed E-state index contributed by atoms with van der Waals surface area (Å²) in [6, 6.07) is 10.2. The van der Waals surface area contributed by atoms with Crippen molar-refractivity contribution < 1.29 is 15.0 Å². The highest BCUT2D eigenvalue weighted by Gasteiger charge is 2.07. The number of hydrogen-bond donors (Lipinski definition) is 2. The summed E-state index contributed by atoms with van der Waals surface area (Å²) in [6.45, 7) is 0. The van der Waals surface area contributed by atoms with Gasteiger partial charge in [0.1, 0.15) is 11.4 Å². The van der Waals surface area contributed by atoms with Crippen molar-refractivity contribution >= 4 is 11.6 Å². The summed E-state index contributed by atoms with van der Waals surface area (Å²) in [5.41, 5.74) is 2.69. The van der Waals surface area contributed by atoms with Crippen molar-refractivity contribution in [3.8, 4) is 5.75 Å². The molecule has 0 unspecified atom stereocenters. The van der Waals surface area contributed by atoms with Crippen LogP contribution in [0.25, 0.3) is 5.65 Å². The molecule has 2 aromatic heterocycles. The summed E-state index contributed by atoms with van der Waals surface area (Å²) in [5.74, 6) is -0.741. The quantitative estimate of drug-likeness (QED) is 0.764. The van der Waals surface area contributed by atoms with Gasteiger partial charge in [-0.25, -0.2) is 9.78 Å². The highest BCUT2D eigenvalue weighted by atomic mass is 16.4. The zero-order valence-corrected chi connectivity index (χ0v) is 10.5. The van der Waals surface area contributed by atoms with Crippen molar-refractivity contribution in [3.05, 3.63) is 65.6 Å². The fourth-order valence-electron chi connectivity index (χ4n) is 2.13. The molecule has 0 saturated heterocycles. The summed E-state index contributed by atoms with van der Waals surface area (Å²) in [6.07, 6.45) is 3.92. The molecular formula is C15H12N2O3. The number of phenols is 1. The molecule has 3 aromatic rings. The summed E-state index contributed by atoms with van der Waals surface area (Å²) in [7, 11) is 0. The number of phenolic OH excluding ortho intramolecular Hbond substituents is 1. The molecule has 0 spiro atoms. The van der Waals surface area contributed by atoms with E-state index in [1.165, 1.54) is 12.3 Å². The number of hydrogen-bond acceptors (Lipinski definition) is 3. The molecular weight excluding hydrogens is 256 g/mol. The number of benzene rings is 1. The van der Waals surface area contributed by atoms with Gasteiger partial charge in [0.15, 0.2) is 0 Å². The van der Waals surface area contributed by atoms with E-state index >= 15 is 0 Å². The van der Waals surface area contributed by atoms with Crippen LogP contribution in [-0.4, -0.2) is 25.6 Å². The molecule has 2 heterocycles. The molecule has 0 amide bonds. The van der Waals surface area contributed by atoms with Crippen LogP contribution in [-0.2, 0) is 6.42 Å². The Morgan fingerprint density at radius 1 is 1.20 bits per heavy atom. The maximum atomic E-state index is 10.9. The minimum atomic E-state index is -0.963. The Morgan fingerprint density at radius 2 is 2.05 bits per heavy atom. The molecule has 3 rings (SSSR count). The lowest BCUT2D eigenvalue weighted by Crippen LogP contribution is -1.97. The Kier molecular flexibility index (Phi) is 2.87. The second-order valence-electron chi connectivity index (χ2n) is 4.57. The van der Waals surface area contributed by atoms with Gasteiger partial charge in [-0.1, -0.05) is 12.1 Å². The van der Waals surface area contributed by atoms with E-state index in [0.29, 0.717) is 12.1 Å². The van der Waals surface area contributed by atoms with Crippen LogP contribution in [0.5, 0.6) is 5.75 Å². The van der Waals surface area contributed by atoms with Gasteiger partial charge in [-0.15, -0.1) is 0 Å². The number of rotatable bonds is 3. The molecule has 0 saturated carbocycles. The fraction of sp³-hybridized carbons (Fsp3) is 0.0667. The van der Waals surface area contributed by atoms with Crippen LogP contribution in [0.15, 0.2) is 48.8 Å². The number of aromatic nitrogens is 2. The molecule has 5 heteroatoms. The van der Waals surface area contributed by atoms with E-state index in [-0.39, 0.29) is 11.3 Å². The van der Waals surface area contributed by atoms with Gasteiger partial charge >= 0.3 is 5.97 Å². The Balaban J connectivity index is 1.95. The standard InChI is InChI=1S/C15H12N2O3/c18-13-3-1-2-10(7-13)6-12-9-17-8-11(15(19)20)4-5-14(17)16-12/h1-5,7-9,18H,6H2,(H,19,20). The number of nitrogens with zero attached hydrogens (tertiary/aromatic N) is 2. The maximum absolute atomic E-state index is 10.9. The van der Waals surface area contributed by atoms with Gasteiger partial charge in [0.2, 0.25) is 0 Å². The average Bonchev–Trinajstić information content (AvgIpc) is 2.79. The van der Waals surface area contributed by atoms with Crippen LogP contribution in [0.1, 0.15) is 21.6 Å². The maximum Gasteiger partial charge on any atom is 0.337 e. The molecule has 0 atom stereocenters. The minimum absolute atomic E-state index is 0.221. The zero-order valence-electron chi connectivity index (χ0n) is 10.5. The number of imidazole rings is 1. The van der Waals surface area contributed by atoms with Crippen molar-refractivity contribution in [3.63, 3.8) is 0 Å². The largest absolute Gasteiger partial charge is 0.508 e. The van der Waals surface area contributed by atoms with E-state index in [1.807, 2.05) is 6.07 Å². The summed E-state index contributed by atoms with van der Waals surface area (Å²) < 4.78 is 1.70. The van der Waals surface area contributed by atoms with E-state index < -0.39 is 5.97 Å². The van der Waals surface area contributed by atoms with E-state index in [1.54, 1.807) is 34.9 Å². The van der Waals surface area contributed by atoms with Gasteiger partial charge in [-0.3, -0.25) is 0 Å². The smallest absolute Gasteiger partial charge is 0.337 e.